The molecule has 0 radical (unpaired) electrons. The molecule has 2 aromatic rings. The molecule has 1 atom stereocenters. The molecule has 3 N–H and O–H groups in total. The molecule has 0 aliphatic heterocycles. The summed E-state index contributed by atoms with van der Waals surface area (Å²) < 4.78 is 19.8. The normalized spacial score (nSPS) is 22.2. The van der Waals surface area contributed by atoms with Crippen LogP contribution in [0.1, 0.15) is 45.4 Å². The zero-order valence-corrected chi connectivity index (χ0v) is 18.5. The molecule has 2 aliphatic rings. The molecule has 6 nitrogen and oxygen atoms in total. The Hall–Kier alpha value is -2.25. The number of halogens is 1. The second-order valence-corrected chi connectivity index (χ2v) is 9.02. The first-order valence-electron chi connectivity index (χ1n) is 11.5. The highest BCUT2D eigenvalue weighted by Crippen LogP contribution is 2.30. The summed E-state index contributed by atoms with van der Waals surface area (Å²) in [6.07, 6.45) is 9.95. The van der Waals surface area contributed by atoms with Crippen LogP contribution in [0.5, 0.6) is 0 Å². The quantitative estimate of drug-likeness (QED) is 0.520. The molecule has 7 heteroatoms. The van der Waals surface area contributed by atoms with Crippen LogP contribution in [0, 0.1) is 11.7 Å². The van der Waals surface area contributed by atoms with Crippen LogP contribution in [0.2, 0.25) is 0 Å². The molecule has 2 aromatic heterocycles. The highest BCUT2D eigenvalue weighted by molar-refractivity contribution is 5.67. The van der Waals surface area contributed by atoms with Crippen molar-refractivity contribution in [3.05, 3.63) is 36.4 Å². The smallest absolute Gasteiger partial charge is 0.151 e. The number of methoxy groups -OCH3 is 1. The second kappa shape index (κ2) is 10.4. The van der Waals surface area contributed by atoms with Gasteiger partial charge in [0.05, 0.1) is 18.5 Å². The fraction of sp³-hybridized carbons (Fsp3) is 0.583. The molecule has 0 aromatic carbocycles. The fourth-order valence-corrected chi connectivity index (χ4v) is 4.30. The maximum absolute atomic E-state index is 14.6. The lowest BCUT2D eigenvalue weighted by Gasteiger charge is -2.31. The third kappa shape index (κ3) is 6.37. The minimum Gasteiger partial charge on any atom is -0.385 e. The zero-order valence-electron chi connectivity index (χ0n) is 18.5. The number of rotatable bonds is 10. The van der Waals surface area contributed by atoms with Crippen molar-refractivity contribution in [1.29, 1.82) is 0 Å². The first-order chi connectivity index (χ1) is 15.1. The lowest BCUT2D eigenvalue weighted by atomic mass is 9.90. The van der Waals surface area contributed by atoms with Gasteiger partial charge in [-0.3, -0.25) is 4.98 Å². The van der Waals surface area contributed by atoms with Crippen molar-refractivity contribution in [1.82, 2.24) is 15.3 Å². The van der Waals surface area contributed by atoms with Crippen molar-refractivity contribution in [3.8, 4) is 11.3 Å². The maximum Gasteiger partial charge on any atom is 0.151 e. The van der Waals surface area contributed by atoms with Crippen LogP contribution >= 0.6 is 0 Å². The monoisotopic (exact) mass is 427 g/mol. The van der Waals surface area contributed by atoms with Gasteiger partial charge >= 0.3 is 0 Å². The van der Waals surface area contributed by atoms with Crippen molar-refractivity contribution in [3.63, 3.8) is 0 Å². The van der Waals surface area contributed by atoms with Crippen molar-refractivity contribution in [2.24, 2.45) is 5.92 Å². The average Bonchev–Trinajstić information content (AvgIpc) is 3.60. The summed E-state index contributed by atoms with van der Waals surface area (Å²) in [6.45, 7) is 3.85. The summed E-state index contributed by atoms with van der Waals surface area (Å²) >= 11 is 0. The predicted octanol–water partition coefficient (Wildman–Crippen LogP) is 4.45. The standard InChI is InChI=1S/C24H34FN5O/c1-16(15-31-2)29-18-5-7-19(8-6-18)30-24-12-21(22(25)14-28-24)23-11-20(9-10-26-23)27-13-17-3-4-17/h9-12,14,16-19,29H,3-8,13,15H2,1-2H3,(H,26,27)(H,28,30)/t16-,18?,19?/m1/s1. The lowest BCUT2D eigenvalue weighted by molar-refractivity contribution is 0.161. The van der Waals surface area contributed by atoms with Crippen LogP contribution in [-0.4, -0.2) is 48.4 Å². The van der Waals surface area contributed by atoms with Crippen LogP contribution in [0.4, 0.5) is 15.9 Å². The molecule has 0 spiro atoms. The number of aromatic nitrogens is 2. The molecule has 0 saturated heterocycles. The Morgan fingerprint density at radius 2 is 1.87 bits per heavy atom. The van der Waals surface area contributed by atoms with E-state index in [1.807, 2.05) is 12.1 Å². The van der Waals surface area contributed by atoms with E-state index in [9.17, 15) is 4.39 Å². The molecule has 2 heterocycles. The lowest BCUT2D eigenvalue weighted by Crippen LogP contribution is -2.42. The van der Waals surface area contributed by atoms with E-state index in [1.165, 1.54) is 19.0 Å². The maximum atomic E-state index is 14.6. The van der Waals surface area contributed by atoms with E-state index < -0.39 is 0 Å². The summed E-state index contributed by atoms with van der Waals surface area (Å²) in [4.78, 5) is 8.68. The zero-order chi connectivity index (χ0) is 21.6. The molecule has 0 bridgehead atoms. The summed E-state index contributed by atoms with van der Waals surface area (Å²) in [7, 11) is 1.74. The molecular formula is C24H34FN5O. The first-order valence-corrected chi connectivity index (χ1v) is 11.5. The van der Waals surface area contributed by atoms with Crippen molar-refractivity contribution >= 4 is 11.5 Å². The Labute approximate surface area is 184 Å². The molecule has 0 unspecified atom stereocenters. The molecule has 0 amide bonds. The minimum atomic E-state index is -0.350. The van der Waals surface area contributed by atoms with Gasteiger partial charge in [0, 0.05) is 49.2 Å². The van der Waals surface area contributed by atoms with Gasteiger partial charge in [-0.25, -0.2) is 9.37 Å². The molecule has 168 valence electrons. The van der Waals surface area contributed by atoms with E-state index in [0.29, 0.717) is 35.2 Å². The van der Waals surface area contributed by atoms with E-state index in [1.54, 1.807) is 19.4 Å². The van der Waals surface area contributed by atoms with Crippen LogP contribution < -0.4 is 16.0 Å². The Morgan fingerprint density at radius 3 is 2.61 bits per heavy atom. The Kier molecular flexibility index (Phi) is 7.35. The molecule has 2 fully saturated rings. The summed E-state index contributed by atoms with van der Waals surface area (Å²) in [6, 6.07) is 6.87. The average molecular weight is 428 g/mol. The van der Waals surface area contributed by atoms with Gasteiger partial charge in [0.2, 0.25) is 0 Å². The Balaban J connectivity index is 1.35. The van der Waals surface area contributed by atoms with Gasteiger partial charge in [0.15, 0.2) is 5.82 Å². The van der Waals surface area contributed by atoms with E-state index >= 15 is 0 Å². The van der Waals surface area contributed by atoms with Gasteiger partial charge in [-0.05, 0) is 69.6 Å². The van der Waals surface area contributed by atoms with Crippen molar-refractivity contribution < 1.29 is 9.13 Å². The van der Waals surface area contributed by atoms with Crippen molar-refractivity contribution in [2.45, 2.75) is 63.6 Å². The van der Waals surface area contributed by atoms with Crippen LogP contribution in [0.15, 0.2) is 30.6 Å². The van der Waals surface area contributed by atoms with Crippen LogP contribution in [-0.2, 0) is 4.74 Å². The fourth-order valence-electron chi connectivity index (χ4n) is 4.30. The number of nitrogens with one attached hydrogen (secondary N) is 3. The van der Waals surface area contributed by atoms with Crippen LogP contribution in [0.3, 0.4) is 0 Å². The van der Waals surface area contributed by atoms with E-state index in [2.05, 4.69) is 32.8 Å². The summed E-state index contributed by atoms with van der Waals surface area (Å²) in [5, 5.41) is 10.6. The van der Waals surface area contributed by atoms with Gasteiger partial charge < -0.3 is 20.7 Å². The number of hydrogen-bond donors (Lipinski definition) is 3. The molecule has 31 heavy (non-hydrogen) atoms. The second-order valence-electron chi connectivity index (χ2n) is 9.02. The van der Waals surface area contributed by atoms with Crippen molar-refractivity contribution in [2.75, 3.05) is 30.9 Å². The van der Waals surface area contributed by atoms with E-state index in [-0.39, 0.29) is 5.82 Å². The van der Waals surface area contributed by atoms with Gasteiger partial charge in [-0.15, -0.1) is 0 Å². The number of anilines is 2. The molecule has 4 rings (SSSR count). The van der Waals surface area contributed by atoms with E-state index in [4.69, 9.17) is 4.74 Å². The highest BCUT2D eigenvalue weighted by atomic mass is 19.1. The third-order valence-corrected chi connectivity index (χ3v) is 6.20. The largest absolute Gasteiger partial charge is 0.385 e. The summed E-state index contributed by atoms with van der Waals surface area (Å²) in [5.74, 6) is 1.13. The van der Waals surface area contributed by atoms with Gasteiger partial charge in [0.25, 0.3) is 0 Å². The SMILES string of the molecule is COC[C@@H](C)NC1CCC(Nc2cc(-c3cc(NCC4CC4)ccn3)c(F)cn2)CC1. The number of nitrogens with zero attached hydrogens (tertiary/aromatic N) is 2. The molecule has 2 aliphatic carbocycles. The highest BCUT2D eigenvalue weighted by Gasteiger charge is 2.23. The Bertz CT molecular complexity index is 852. The number of hydrogen-bond acceptors (Lipinski definition) is 6. The predicted molar refractivity (Wildman–Crippen MR) is 123 cm³/mol. The molecular weight excluding hydrogens is 393 g/mol. The topological polar surface area (TPSA) is 71.1 Å². The van der Waals surface area contributed by atoms with Gasteiger partial charge in [0.1, 0.15) is 5.82 Å². The first kappa shape index (κ1) is 22.0. The molecule has 2 saturated carbocycles. The van der Waals surface area contributed by atoms with Crippen LogP contribution in [0.25, 0.3) is 11.3 Å². The Morgan fingerprint density at radius 1 is 1.10 bits per heavy atom. The van der Waals surface area contributed by atoms with Gasteiger partial charge in [-0.2, -0.15) is 0 Å². The van der Waals surface area contributed by atoms with E-state index in [0.717, 1.165) is 50.4 Å². The number of ether oxygens (including phenoxy) is 1. The number of pyridine rings is 2. The minimum absolute atomic E-state index is 0.348. The third-order valence-electron chi connectivity index (χ3n) is 6.20. The summed E-state index contributed by atoms with van der Waals surface area (Å²) in [5.41, 5.74) is 2.09. The van der Waals surface area contributed by atoms with Gasteiger partial charge in [-0.1, -0.05) is 0 Å².